The van der Waals surface area contributed by atoms with Crippen LogP contribution in [0.5, 0.6) is 0 Å². The van der Waals surface area contributed by atoms with Crippen LogP contribution in [0, 0.1) is 0 Å². The van der Waals surface area contributed by atoms with Crippen LogP contribution in [0.2, 0.25) is 0 Å². The highest BCUT2D eigenvalue weighted by Crippen LogP contribution is 2.40. The summed E-state index contributed by atoms with van der Waals surface area (Å²) < 4.78 is 2.34. The van der Waals surface area contributed by atoms with Crippen LogP contribution in [0.4, 0.5) is 0 Å². The van der Waals surface area contributed by atoms with Gasteiger partial charge in [0.2, 0.25) is 0 Å². The minimum Gasteiger partial charge on any atom is -0.299 e. The van der Waals surface area contributed by atoms with Gasteiger partial charge in [-0.1, -0.05) is 103 Å². The molecule has 3 aromatic carbocycles. The maximum absolute atomic E-state index is 4.92. The third kappa shape index (κ3) is 4.46. The van der Waals surface area contributed by atoms with Gasteiger partial charge in [0.05, 0.1) is 5.69 Å². The van der Waals surface area contributed by atoms with E-state index < -0.39 is 0 Å². The number of hydrogen-bond donors (Lipinski definition) is 0. The second kappa shape index (κ2) is 9.62. The number of imidazole rings is 1. The zero-order chi connectivity index (χ0) is 24.5. The van der Waals surface area contributed by atoms with E-state index in [-0.39, 0.29) is 5.41 Å². The predicted molar refractivity (Wildman–Crippen MR) is 146 cm³/mol. The fourth-order valence-electron chi connectivity index (χ4n) is 4.78. The normalized spacial score (nSPS) is 12.0. The van der Waals surface area contributed by atoms with Gasteiger partial charge < -0.3 is 0 Å². The second-order valence-electron chi connectivity index (χ2n) is 10.6. The Morgan fingerprint density at radius 2 is 1.38 bits per heavy atom. The van der Waals surface area contributed by atoms with Gasteiger partial charge in [-0.15, -0.1) is 0 Å². The molecule has 0 saturated heterocycles. The topological polar surface area (TPSA) is 17.8 Å². The Kier molecular flexibility index (Phi) is 6.79. The summed E-state index contributed by atoms with van der Waals surface area (Å²) in [5.74, 6) is 1.79. The van der Waals surface area contributed by atoms with Gasteiger partial charge in [0.1, 0.15) is 5.82 Å². The molecule has 1 aromatic heterocycles. The molecular formula is C32H38N2. The summed E-state index contributed by atoms with van der Waals surface area (Å²) in [5, 5.41) is 0. The fourth-order valence-corrected chi connectivity index (χ4v) is 4.78. The highest BCUT2D eigenvalue weighted by atomic mass is 15.1. The van der Waals surface area contributed by atoms with Crippen molar-refractivity contribution < 1.29 is 0 Å². The van der Waals surface area contributed by atoms with Crippen LogP contribution in [0.3, 0.4) is 0 Å². The van der Waals surface area contributed by atoms with E-state index >= 15 is 0 Å². The van der Waals surface area contributed by atoms with Crippen molar-refractivity contribution in [1.82, 2.24) is 9.55 Å². The van der Waals surface area contributed by atoms with E-state index in [2.05, 4.69) is 126 Å². The molecule has 0 bridgehead atoms. The molecule has 0 radical (unpaired) electrons. The number of aromatic nitrogens is 2. The van der Waals surface area contributed by atoms with Crippen molar-refractivity contribution in [3.8, 4) is 28.2 Å². The van der Waals surface area contributed by atoms with Crippen molar-refractivity contribution in [2.45, 2.75) is 72.1 Å². The molecule has 0 aliphatic carbocycles. The van der Waals surface area contributed by atoms with Gasteiger partial charge in [-0.05, 0) is 63.6 Å². The Labute approximate surface area is 205 Å². The summed E-state index contributed by atoms with van der Waals surface area (Å²) in [5.41, 5.74) is 9.18. The van der Waals surface area contributed by atoms with Crippen LogP contribution in [0.25, 0.3) is 28.2 Å². The van der Waals surface area contributed by atoms with E-state index in [9.17, 15) is 0 Å². The lowest BCUT2D eigenvalue weighted by Gasteiger charge is -2.28. The first kappa shape index (κ1) is 24.0. The minimum absolute atomic E-state index is 0.0757. The van der Waals surface area contributed by atoms with Crippen LogP contribution in [-0.2, 0) is 5.41 Å². The van der Waals surface area contributed by atoms with Crippen LogP contribution in [0.1, 0.15) is 83.4 Å². The van der Waals surface area contributed by atoms with Crippen molar-refractivity contribution >= 4 is 0 Å². The van der Waals surface area contributed by atoms with Gasteiger partial charge in [0.15, 0.2) is 0 Å². The number of hydrogen-bond acceptors (Lipinski definition) is 1. The summed E-state index contributed by atoms with van der Waals surface area (Å²) in [6.45, 7) is 16.1. The van der Waals surface area contributed by atoms with Crippen molar-refractivity contribution in [1.29, 1.82) is 0 Å². The molecule has 0 aliphatic heterocycles. The van der Waals surface area contributed by atoms with Gasteiger partial charge in [0.25, 0.3) is 0 Å². The quantitative estimate of drug-likeness (QED) is 0.274. The molecule has 4 rings (SSSR count). The SMILES string of the molecule is CCC(C)(C)c1ccccc1-c1nccn1-c1c(C(C)C)cc(-c2ccccc2)cc1C(C)C. The predicted octanol–water partition coefficient (Wildman–Crippen LogP) is 9.14. The minimum atomic E-state index is 0.0757. The third-order valence-electron chi connectivity index (χ3n) is 7.18. The Morgan fingerprint density at radius 3 is 1.97 bits per heavy atom. The van der Waals surface area contributed by atoms with E-state index in [1.165, 1.54) is 39.1 Å². The smallest absolute Gasteiger partial charge is 0.144 e. The Balaban J connectivity index is 2.00. The molecule has 0 unspecified atom stereocenters. The van der Waals surface area contributed by atoms with Crippen LogP contribution in [-0.4, -0.2) is 9.55 Å². The first-order chi connectivity index (χ1) is 16.2. The molecule has 34 heavy (non-hydrogen) atoms. The number of nitrogens with zero attached hydrogens (tertiary/aromatic N) is 2. The van der Waals surface area contributed by atoms with E-state index in [1.807, 2.05) is 6.20 Å². The fraction of sp³-hybridized carbons (Fsp3) is 0.344. The van der Waals surface area contributed by atoms with E-state index in [1.54, 1.807) is 0 Å². The Morgan fingerprint density at radius 1 is 0.794 bits per heavy atom. The lowest BCUT2D eigenvalue weighted by molar-refractivity contribution is 0.507. The molecule has 0 saturated carbocycles. The van der Waals surface area contributed by atoms with Crippen molar-refractivity contribution in [3.05, 3.63) is 95.8 Å². The highest BCUT2D eigenvalue weighted by molar-refractivity contribution is 5.72. The maximum Gasteiger partial charge on any atom is 0.144 e. The molecule has 176 valence electrons. The monoisotopic (exact) mass is 450 g/mol. The van der Waals surface area contributed by atoms with Gasteiger partial charge in [-0.3, -0.25) is 4.57 Å². The van der Waals surface area contributed by atoms with Crippen LogP contribution >= 0.6 is 0 Å². The van der Waals surface area contributed by atoms with E-state index in [4.69, 9.17) is 4.98 Å². The van der Waals surface area contributed by atoms with Gasteiger partial charge in [0, 0.05) is 18.0 Å². The number of benzene rings is 3. The average molecular weight is 451 g/mol. The van der Waals surface area contributed by atoms with Gasteiger partial charge in [-0.25, -0.2) is 4.98 Å². The molecule has 0 atom stereocenters. The molecule has 0 amide bonds. The maximum atomic E-state index is 4.92. The molecule has 4 aromatic rings. The van der Waals surface area contributed by atoms with Crippen LogP contribution < -0.4 is 0 Å². The summed E-state index contributed by atoms with van der Waals surface area (Å²) in [6.07, 6.45) is 5.16. The summed E-state index contributed by atoms with van der Waals surface area (Å²) in [7, 11) is 0. The van der Waals surface area contributed by atoms with E-state index in [0.29, 0.717) is 11.8 Å². The molecule has 0 spiro atoms. The molecule has 2 nitrogen and oxygen atoms in total. The zero-order valence-electron chi connectivity index (χ0n) is 21.8. The lowest BCUT2D eigenvalue weighted by Crippen LogP contribution is -2.17. The van der Waals surface area contributed by atoms with E-state index in [0.717, 1.165) is 12.2 Å². The molecular weight excluding hydrogens is 412 g/mol. The molecule has 0 N–H and O–H groups in total. The van der Waals surface area contributed by atoms with Gasteiger partial charge in [-0.2, -0.15) is 0 Å². The average Bonchev–Trinajstić information content (AvgIpc) is 3.33. The molecule has 2 heteroatoms. The third-order valence-corrected chi connectivity index (χ3v) is 7.18. The number of rotatable bonds is 7. The zero-order valence-corrected chi connectivity index (χ0v) is 21.8. The van der Waals surface area contributed by atoms with Gasteiger partial charge >= 0.3 is 0 Å². The lowest BCUT2D eigenvalue weighted by atomic mass is 9.79. The van der Waals surface area contributed by atoms with Crippen molar-refractivity contribution in [2.75, 3.05) is 0 Å². The largest absolute Gasteiger partial charge is 0.299 e. The summed E-state index contributed by atoms with van der Waals surface area (Å²) in [4.78, 5) is 4.92. The Bertz CT molecular complexity index is 1230. The highest BCUT2D eigenvalue weighted by Gasteiger charge is 2.26. The van der Waals surface area contributed by atoms with Crippen LogP contribution in [0.15, 0.2) is 79.1 Å². The first-order valence-electron chi connectivity index (χ1n) is 12.6. The summed E-state index contributed by atoms with van der Waals surface area (Å²) in [6, 6.07) is 24.3. The van der Waals surface area contributed by atoms with Crippen molar-refractivity contribution in [3.63, 3.8) is 0 Å². The second-order valence-corrected chi connectivity index (χ2v) is 10.6. The summed E-state index contributed by atoms with van der Waals surface area (Å²) >= 11 is 0. The molecule has 1 heterocycles. The first-order valence-corrected chi connectivity index (χ1v) is 12.6. The Hall–Kier alpha value is -3.13. The van der Waals surface area contributed by atoms with Crippen molar-refractivity contribution in [2.24, 2.45) is 0 Å². The molecule has 0 aliphatic rings. The standard InChI is InChI=1S/C32H38N2/c1-8-32(6,7)29-17-13-12-16-26(29)31-33-18-19-34(31)30-27(22(2)3)20-25(21-28(30)23(4)5)24-14-10-9-11-15-24/h9-23H,8H2,1-7H3. The molecule has 0 fully saturated rings.